The molecule has 7 atom stereocenters. The Morgan fingerprint density at radius 2 is 2.06 bits per heavy atom. The molecule has 8 nitrogen and oxygen atoms in total. The number of esters is 1. The number of hydrogen-bond donors (Lipinski definition) is 2. The predicted octanol–water partition coefficient (Wildman–Crippen LogP) is 2.36. The van der Waals surface area contributed by atoms with E-state index in [-0.39, 0.29) is 23.9 Å². The lowest BCUT2D eigenvalue weighted by atomic mass is 9.70. The molecule has 0 aliphatic carbocycles. The SMILES string of the molecule is CCOC(=O)[C@@H]1[C@H]2O[C@@]3(CC2Br)[C@H](C(=O)Nc2ccc(Cl)cc2)N([C@@H](CC)CO)C(=O)[C@@H]13. The summed E-state index contributed by atoms with van der Waals surface area (Å²) < 4.78 is 11.6. The number of halogens is 2. The molecule has 1 unspecified atom stereocenters. The third kappa shape index (κ3) is 3.54. The Kier molecular flexibility index (Phi) is 6.55. The van der Waals surface area contributed by atoms with Crippen LogP contribution in [0.1, 0.15) is 26.7 Å². The molecule has 2 N–H and O–H groups in total. The maximum absolute atomic E-state index is 13.7. The van der Waals surface area contributed by atoms with Gasteiger partial charge in [-0.05, 0) is 44.0 Å². The number of ether oxygens (including phenoxy) is 2. The number of rotatable bonds is 7. The number of nitrogens with one attached hydrogen (secondary N) is 1. The summed E-state index contributed by atoms with van der Waals surface area (Å²) >= 11 is 9.54. The first-order valence-electron chi connectivity index (χ1n) is 10.8. The van der Waals surface area contributed by atoms with E-state index < -0.39 is 47.5 Å². The molecule has 2 amide bonds. The number of carbonyl (C=O) groups excluding carboxylic acids is 3. The summed E-state index contributed by atoms with van der Waals surface area (Å²) in [4.78, 5) is 41.3. The standard InChI is InChI=1S/C22H26BrClN2O6/c1-3-13(10-27)26-18(19(28)25-12-7-5-11(24)6-8-12)22-9-14(23)17(32-22)15(16(22)20(26)29)21(30)31-4-2/h5-8,13-18,27H,3-4,9-10H2,1-2H3,(H,25,28)/t13-,14?,15-,16+,17-,18-,22+/m0/s1. The van der Waals surface area contributed by atoms with Gasteiger partial charge in [-0.3, -0.25) is 14.4 Å². The second kappa shape index (κ2) is 8.93. The molecule has 0 radical (unpaired) electrons. The topological polar surface area (TPSA) is 105 Å². The number of aliphatic hydroxyl groups excluding tert-OH is 1. The van der Waals surface area contributed by atoms with E-state index >= 15 is 0 Å². The van der Waals surface area contributed by atoms with Crippen molar-refractivity contribution >= 4 is 51.0 Å². The molecule has 1 aromatic rings. The molecule has 1 aromatic carbocycles. The van der Waals surface area contributed by atoms with Gasteiger partial charge in [-0.25, -0.2) is 0 Å². The minimum atomic E-state index is -1.19. The quantitative estimate of drug-likeness (QED) is 0.415. The summed E-state index contributed by atoms with van der Waals surface area (Å²) in [6, 6.07) is 5.06. The number of carbonyl (C=O) groups is 3. The molecule has 3 fully saturated rings. The van der Waals surface area contributed by atoms with Crippen LogP contribution in [0.25, 0.3) is 0 Å². The van der Waals surface area contributed by atoms with E-state index in [0.29, 0.717) is 23.6 Å². The minimum absolute atomic E-state index is 0.182. The van der Waals surface area contributed by atoms with Crippen molar-refractivity contribution in [2.24, 2.45) is 11.8 Å². The Bertz CT molecular complexity index is 910. The third-order valence-electron chi connectivity index (χ3n) is 6.72. The first-order chi connectivity index (χ1) is 15.3. The van der Waals surface area contributed by atoms with Crippen molar-refractivity contribution in [3.63, 3.8) is 0 Å². The molecule has 3 aliphatic heterocycles. The number of nitrogens with zero attached hydrogens (tertiary/aromatic N) is 1. The molecule has 2 bridgehead atoms. The van der Waals surface area contributed by atoms with Crippen LogP contribution < -0.4 is 5.32 Å². The number of benzene rings is 1. The van der Waals surface area contributed by atoms with Crippen LogP contribution in [0, 0.1) is 11.8 Å². The van der Waals surface area contributed by atoms with Crippen LogP contribution in [0.5, 0.6) is 0 Å². The van der Waals surface area contributed by atoms with E-state index in [4.69, 9.17) is 21.1 Å². The van der Waals surface area contributed by atoms with Crippen molar-refractivity contribution in [1.29, 1.82) is 0 Å². The first-order valence-corrected chi connectivity index (χ1v) is 12.1. The lowest BCUT2D eigenvalue weighted by Crippen LogP contribution is -2.56. The second-order valence-electron chi connectivity index (χ2n) is 8.40. The lowest BCUT2D eigenvalue weighted by Gasteiger charge is -2.36. The number of fused-ring (bicyclic) bond motifs is 1. The van der Waals surface area contributed by atoms with Crippen molar-refractivity contribution in [3.8, 4) is 0 Å². The molecule has 0 aromatic heterocycles. The fraction of sp³-hybridized carbons (Fsp3) is 0.591. The maximum atomic E-state index is 13.7. The van der Waals surface area contributed by atoms with E-state index in [1.54, 1.807) is 31.2 Å². The van der Waals surface area contributed by atoms with Crippen LogP contribution in [0.15, 0.2) is 24.3 Å². The van der Waals surface area contributed by atoms with Gasteiger partial charge in [0.25, 0.3) is 0 Å². The average molecular weight is 530 g/mol. The molecule has 32 heavy (non-hydrogen) atoms. The fourth-order valence-electron chi connectivity index (χ4n) is 5.43. The van der Waals surface area contributed by atoms with Gasteiger partial charge in [0.1, 0.15) is 11.6 Å². The summed E-state index contributed by atoms with van der Waals surface area (Å²) in [5.74, 6) is -2.95. The molecule has 3 heterocycles. The van der Waals surface area contributed by atoms with E-state index in [0.717, 1.165) is 0 Å². The summed E-state index contributed by atoms with van der Waals surface area (Å²) in [6.45, 7) is 3.42. The summed E-state index contributed by atoms with van der Waals surface area (Å²) in [7, 11) is 0. The second-order valence-corrected chi connectivity index (χ2v) is 10.0. The zero-order valence-electron chi connectivity index (χ0n) is 17.8. The molecule has 174 valence electrons. The van der Waals surface area contributed by atoms with Crippen LogP contribution in [-0.4, -0.2) is 69.6 Å². The fourth-order valence-corrected chi connectivity index (χ4v) is 6.49. The molecule has 1 spiro atoms. The number of alkyl halides is 1. The van der Waals surface area contributed by atoms with Crippen LogP contribution in [-0.2, 0) is 23.9 Å². The van der Waals surface area contributed by atoms with Crippen molar-refractivity contribution in [3.05, 3.63) is 29.3 Å². The van der Waals surface area contributed by atoms with E-state index in [2.05, 4.69) is 21.2 Å². The molecule has 4 rings (SSSR count). The Labute approximate surface area is 199 Å². The molecular weight excluding hydrogens is 504 g/mol. The van der Waals surface area contributed by atoms with Gasteiger partial charge in [-0.2, -0.15) is 0 Å². The van der Waals surface area contributed by atoms with Crippen molar-refractivity contribution in [2.75, 3.05) is 18.5 Å². The lowest BCUT2D eigenvalue weighted by molar-refractivity contribution is -0.155. The van der Waals surface area contributed by atoms with Gasteiger partial charge in [0.15, 0.2) is 0 Å². The van der Waals surface area contributed by atoms with Crippen LogP contribution in [0.3, 0.4) is 0 Å². The summed E-state index contributed by atoms with van der Waals surface area (Å²) in [6.07, 6.45) is 0.271. The van der Waals surface area contributed by atoms with Gasteiger partial charge >= 0.3 is 5.97 Å². The van der Waals surface area contributed by atoms with Gasteiger partial charge in [0.2, 0.25) is 11.8 Å². The number of amides is 2. The highest BCUT2D eigenvalue weighted by Crippen LogP contribution is 2.60. The zero-order valence-corrected chi connectivity index (χ0v) is 20.1. The van der Waals surface area contributed by atoms with Gasteiger partial charge in [0.05, 0.1) is 37.2 Å². The number of likely N-dealkylation sites (tertiary alicyclic amines) is 1. The van der Waals surface area contributed by atoms with Crippen LogP contribution >= 0.6 is 27.5 Å². The van der Waals surface area contributed by atoms with E-state index in [1.807, 2.05) is 6.92 Å². The van der Waals surface area contributed by atoms with Crippen molar-refractivity contribution in [2.45, 2.75) is 55.3 Å². The molecule has 3 saturated heterocycles. The van der Waals surface area contributed by atoms with Crippen LogP contribution in [0.2, 0.25) is 5.02 Å². The normalized spacial score (nSPS) is 33.8. The maximum Gasteiger partial charge on any atom is 0.312 e. The Morgan fingerprint density at radius 1 is 1.38 bits per heavy atom. The Morgan fingerprint density at radius 3 is 2.66 bits per heavy atom. The van der Waals surface area contributed by atoms with E-state index in [1.165, 1.54) is 4.90 Å². The monoisotopic (exact) mass is 528 g/mol. The summed E-state index contributed by atoms with van der Waals surface area (Å²) in [5, 5.41) is 13.4. The highest BCUT2D eigenvalue weighted by atomic mass is 79.9. The highest BCUT2D eigenvalue weighted by molar-refractivity contribution is 9.09. The smallest absolute Gasteiger partial charge is 0.312 e. The number of aliphatic hydroxyl groups is 1. The number of hydrogen-bond acceptors (Lipinski definition) is 6. The Hall–Kier alpha value is -1.68. The predicted molar refractivity (Wildman–Crippen MR) is 120 cm³/mol. The first kappa shape index (κ1) is 23.5. The Balaban J connectivity index is 1.75. The molecular formula is C22H26BrClN2O6. The average Bonchev–Trinajstić information content (AvgIpc) is 3.35. The highest BCUT2D eigenvalue weighted by Gasteiger charge is 2.77. The summed E-state index contributed by atoms with van der Waals surface area (Å²) in [5.41, 5.74) is -0.666. The minimum Gasteiger partial charge on any atom is -0.466 e. The molecule has 3 aliphatic rings. The third-order valence-corrected chi connectivity index (χ3v) is 7.82. The molecule has 10 heteroatoms. The van der Waals surface area contributed by atoms with Crippen molar-refractivity contribution in [1.82, 2.24) is 4.90 Å². The van der Waals surface area contributed by atoms with E-state index in [9.17, 15) is 19.5 Å². The van der Waals surface area contributed by atoms with Crippen molar-refractivity contribution < 1.29 is 29.0 Å². The van der Waals surface area contributed by atoms with Gasteiger partial charge < -0.3 is 24.8 Å². The largest absolute Gasteiger partial charge is 0.466 e. The van der Waals surface area contributed by atoms with Gasteiger partial charge in [-0.1, -0.05) is 34.5 Å². The number of anilines is 1. The van der Waals surface area contributed by atoms with Crippen LogP contribution in [0.4, 0.5) is 5.69 Å². The van der Waals surface area contributed by atoms with Gasteiger partial charge in [-0.15, -0.1) is 0 Å². The zero-order chi connectivity index (χ0) is 23.2. The van der Waals surface area contributed by atoms with Gasteiger partial charge in [0, 0.05) is 15.5 Å². The molecule has 0 saturated carbocycles.